The van der Waals surface area contributed by atoms with Gasteiger partial charge in [0.05, 0.1) is 5.02 Å². The van der Waals surface area contributed by atoms with Gasteiger partial charge in [0.2, 0.25) is 5.13 Å². The Morgan fingerprint density at radius 3 is 2.48 bits per heavy atom. The smallest absolute Gasteiger partial charge is 0.264 e. The topological polar surface area (TPSA) is 64.1 Å². The molecule has 0 radical (unpaired) electrons. The van der Waals surface area contributed by atoms with Crippen LogP contribution in [0, 0.1) is 20.8 Å². The summed E-state index contributed by atoms with van der Waals surface area (Å²) in [6.07, 6.45) is 0. The first-order chi connectivity index (χ1) is 12.8. The van der Waals surface area contributed by atoms with Crippen molar-refractivity contribution in [3.8, 4) is 16.3 Å². The van der Waals surface area contributed by atoms with E-state index in [1.807, 2.05) is 13.8 Å². The van der Waals surface area contributed by atoms with Gasteiger partial charge in [0.1, 0.15) is 10.8 Å². The molecule has 140 valence electrons. The predicted octanol–water partition coefficient (Wildman–Crippen LogP) is 5.45. The van der Waals surface area contributed by atoms with Crippen LogP contribution < -0.4 is 10.1 Å². The van der Waals surface area contributed by atoms with E-state index in [0.717, 1.165) is 21.7 Å². The fourth-order valence-corrected chi connectivity index (χ4v) is 4.18. The van der Waals surface area contributed by atoms with Crippen molar-refractivity contribution < 1.29 is 9.53 Å². The number of hydrogen-bond donors (Lipinski definition) is 1. The zero-order valence-electron chi connectivity index (χ0n) is 15.0. The molecule has 1 heterocycles. The third kappa shape index (κ3) is 4.77. The lowest BCUT2D eigenvalue weighted by molar-refractivity contribution is -0.118. The SMILES string of the molecule is Cc1cc(C)c(-c2nnc(NC(=O)COc3ccc(Cl)cc3Cl)s2)c(C)c1. The number of carbonyl (C=O) groups is 1. The van der Waals surface area contributed by atoms with Crippen molar-refractivity contribution in [1.82, 2.24) is 10.2 Å². The number of nitrogens with one attached hydrogen (secondary N) is 1. The van der Waals surface area contributed by atoms with Crippen LogP contribution in [-0.2, 0) is 4.79 Å². The molecule has 5 nitrogen and oxygen atoms in total. The van der Waals surface area contributed by atoms with Gasteiger partial charge in [0.25, 0.3) is 5.91 Å². The summed E-state index contributed by atoms with van der Waals surface area (Å²) in [6, 6.07) is 9.02. The van der Waals surface area contributed by atoms with Gasteiger partial charge in [-0.1, -0.05) is 52.2 Å². The number of aromatic nitrogens is 2. The van der Waals surface area contributed by atoms with Crippen LogP contribution in [0.3, 0.4) is 0 Å². The normalized spacial score (nSPS) is 10.7. The summed E-state index contributed by atoms with van der Waals surface area (Å²) < 4.78 is 5.42. The summed E-state index contributed by atoms with van der Waals surface area (Å²) >= 11 is 13.2. The summed E-state index contributed by atoms with van der Waals surface area (Å²) in [5.41, 5.74) is 4.50. The van der Waals surface area contributed by atoms with E-state index < -0.39 is 0 Å². The van der Waals surface area contributed by atoms with Gasteiger partial charge in [-0.2, -0.15) is 0 Å². The first kappa shape index (κ1) is 19.6. The molecule has 0 aliphatic heterocycles. The van der Waals surface area contributed by atoms with E-state index >= 15 is 0 Å². The maximum Gasteiger partial charge on any atom is 0.264 e. The van der Waals surface area contributed by atoms with Gasteiger partial charge in [0, 0.05) is 10.6 Å². The number of carbonyl (C=O) groups excluding carboxylic acids is 1. The number of aryl methyl sites for hydroxylation is 3. The minimum absolute atomic E-state index is 0.196. The van der Waals surface area contributed by atoms with Crippen molar-refractivity contribution in [3.63, 3.8) is 0 Å². The largest absolute Gasteiger partial charge is 0.482 e. The first-order valence-electron chi connectivity index (χ1n) is 8.13. The third-order valence-electron chi connectivity index (χ3n) is 3.81. The van der Waals surface area contributed by atoms with Gasteiger partial charge in [-0.15, -0.1) is 10.2 Å². The van der Waals surface area contributed by atoms with E-state index in [-0.39, 0.29) is 12.5 Å². The molecule has 1 N–H and O–H groups in total. The monoisotopic (exact) mass is 421 g/mol. The molecular formula is C19H17Cl2N3O2S. The van der Waals surface area contributed by atoms with Gasteiger partial charge in [-0.05, 0) is 50.1 Å². The average Bonchev–Trinajstić information content (AvgIpc) is 3.01. The predicted molar refractivity (Wildman–Crippen MR) is 110 cm³/mol. The lowest BCUT2D eigenvalue weighted by Crippen LogP contribution is -2.20. The first-order valence-corrected chi connectivity index (χ1v) is 9.70. The number of rotatable bonds is 5. The molecule has 3 aromatic rings. The Balaban J connectivity index is 1.66. The average molecular weight is 422 g/mol. The Kier molecular flexibility index (Phi) is 5.99. The second-order valence-electron chi connectivity index (χ2n) is 6.10. The number of amides is 1. The van der Waals surface area contributed by atoms with Gasteiger partial charge >= 0.3 is 0 Å². The van der Waals surface area contributed by atoms with E-state index in [0.29, 0.717) is 20.9 Å². The third-order valence-corrected chi connectivity index (χ3v) is 5.20. The van der Waals surface area contributed by atoms with Gasteiger partial charge in [0.15, 0.2) is 6.61 Å². The molecule has 27 heavy (non-hydrogen) atoms. The van der Waals surface area contributed by atoms with E-state index in [1.54, 1.807) is 18.2 Å². The fraction of sp³-hybridized carbons (Fsp3) is 0.211. The molecular weight excluding hydrogens is 405 g/mol. The molecule has 1 amide bonds. The van der Waals surface area contributed by atoms with E-state index in [1.165, 1.54) is 16.9 Å². The van der Waals surface area contributed by atoms with Crippen molar-refractivity contribution in [2.24, 2.45) is 0 Å². The minimum Gasteiger partial charge on any atom is -0.482 e. The highest BCUT2D eigenvalue weighted by molar-refractivity contribution is 7.18. The van der Waals surface area contributed by atoms with Crippen LogP contribution in [0.5, 0.6) is 5.75 Å². The number of ether oxygens (including phenoxy) is 1. The zero-order chi connectivity index (χ0) is 19.6. The minimum atomic E-state index is -0.346. The molecule has 0 aliphatic carbocycles. The molecule has 0 spiro atoms. The molecule has 0 saturated heterocycles. The molecule has 0 unspecified atom stereocenters. The highest BCUT2D eigenvalue weighted by Crippen LogP contribution is 2.32. The Labute approximate surface area is 171 Å². The van der Waals surface area contributed by atoms with Crippen molar-refractivity contribution in [1.29, 1.82) is 0 Å². The molecule has 8 heteroatoms. The highest BCUT2D eigenvalue weighted by atomic mass is 35.5. The van der Waals surface area contributed by atoms with E-state index in [2.05, 4.69) is 34.6 Å². The fourth-order valence-electron chi connectivity index (χ4n) is 2.78. The van der Waals surface area contributed by atoms with Crippen LogP contribution >= 0.6 is 34.5 Å². The Bertz CT molecular complexity index is 981. The summed E-state index contributed by atoms with van der Waals surface area (Å²) in [4.78, 5) is 12.1. The van der Waals surface area contributed by atoms with Gasteiger partial charge in [-0.25, -0.2) is 0 Å². The van der Waals surface area contributed by atoms with E-state index in [9.17, 15) is 4.79 Å². The number of anilines is 1. The highest BCUT2D eigenvalue weighted by Gasteiger charge is 2.14. The van der Waals surface area contributed by atoms with Crippen LogP contribution in [0.2, 0.25) is 10.0 Å². The van der Waals surface area contributed by atoms with Crippen molar-refractivity contribution in [2.75, 3.05) is 11.9 Å². The number of hydrogen-bond acceptors (Lipinski definition) is 5. The Hall–Kier alpha value is -2.15. The summed E-state index contributed by atoms with van der Waals surface area (Å²) in [6.45, 7) is 5.94. The molecule has 0 bridgehead atoms. The van der Waals surface area contributed by atoms with Crippen LogP contribution in [-0.4, -0.2) is 22.7 Å². The number of benzene rings is 2. The molecule has 0 saturated carbocycles. The quantitative estimate of drug-likeness (QED) is 0.594. The molecule has 2 aromatic carbocycles. The molecule has 0 aliphatic rings. The van der Waals surface area contributed by atoms with Crippen LogP contribution in [0.4, 0.5) is 5.13 Å². The number of halogens is 2. The summed E-state index contributed by atoms with van der Waals surface area (Å²) in [7, 11) is 0. The Morgan fingerprint density at radius 1 is 1.11 bits per heavy atom. The van der Waals surface area contributed by atoms with Crippen LogP contribution in [0.25, 0.3) is 10.6 Å². The molecule has 3 rings (SSSR count). The standard InChI is InChI=1S/C19H17Cl2N3O2S/c1-10-6-11(2)17(12(3)7-10)18-23-24-19(27-18)22-16(25)9-26-15-5-4-13(20)8-14(15)21/h4-8H,9H2,1-3H3,(H,22,24,25). The van der Waals surface area contributed by atoms with Gasteiger partial charge in [-0.3, -0.25) is 10.1 Å². The second kappa shape index (κ2) is 8.25. The van der Waals surface area contributed by atoms with E-state index in [4.69, 9.17) is 27.9 Å². The summed E-state index contributed by atoms with van der Waals surface area (Å²) in [5.74, 6) is 0.0427. The maximum absolute atomic E-state index is 12.1. The van der Waals surface area contributed by atoms with Crippen molar-refractivity contribution >= 4 is 45.6 Å². The van der Waals surface area contributed by atoms with Crippen molar-refractivity contribution in [3.05, 3.63) is 57.1 Å². The molecule has 0 fully saturated rings. The second-order valence-corrected chi connectivity index (χ2v) is 7.92. The van der Waals surface area contributed by atoms with Crippen LogP contribution in [0.15, 0.2) is 30.3 Å². The van der Waals surface area contributed by atoms with Gasteiger partial charge < -0.3 is 4.74 Å². The zero-order valence-corrected chi connectivity index (χ0v) is 17.3. The molecule has 1 aromatic heterocycles. The Morgan fingerprint density at radius 2 is 1.81 bits per heavy atom. The van der Waals surface area contributed by atoms with Crippen LogP contribution in [0.1, 0.15) is 16.7 Å². The van der Waals surface area contributed by atoms with Crippen molar-refractivity contribution in [2.45, 2.75) is 20.8 Å². The molecule has 0 atom stereocenters. The summed E-state index contributed by atoms with van der Waals surface area (Å²) in [5, 5.41) is 13.0. The lowest BCUT2D eigenvalue weighted by Gasteiger charge is -2.08. The maximum atomic E-state index is 12.1. The number of nitrogens with zero attached hydrogens (tertiary/aromatic N) is 2. The lowest BCUT2D eigenvalue weighted by atomic mass is 10.0.